The number of hydrogen-bond donors (Lipinski definition) is 1. The molecular formula is C19H21FN6O. The predicted octanol–water partition coefficient (Wildman–Crippen LogP) is 2.61. The highest BCUT2D eigenvalue weighted by Gasteiger charge is 2.25. The molecule has 0 unspecified atom stereocenters. The van der Waals surface area contributed by atoms with E-state index in [1.807, 2.05) is 11.7 Å². The summed E-state index contributed by atoms with van der Waals surface area (Å²) in [6, 6.07) is 4.86. The fraction of sp³-hybridized carbons (Fsp3) is 0.316. The molecule has 0 saturated carbocycles. The lowest BCUT2D eigenvalue weighted by Crippen LogP contribution is -2.34. The van der Waals surface area contributed by atoms with Crippen LogP contribution in [0.2, 0.25) is 0 Å². The number of aryl methyl sites for hydroxylation is 2. The van der Waals surface area contributed by atoms with Gasteiger partial charge in [-0.3, -0.25) is 14.2 Å². The number of carbonyl (C=O) groups is 1. The lowest BCUT2D eigenvalue weighted by molar-refractivity contribution is -0.129. The smallest absolute Gasteiger partial charge is 0.219 e. The zero-order valence-electron chi connectivity index (χ0n) is 15.5. The third kappa shape index (κ3) is 3.18. The Hall–Kier alpha value is -3.16. The number of benzene rings is 1. The Labute approximate surface area is 156 Å². The average Bonchev–Trinajstić information content (AvgIpc) is 3.20. The van der Waals surface area contributed by atoms with Crippen molar-refractivity contribution >= 4 is 17.4 Å². The van der Waals surface area contributed by atoms with Gasteiger partial charge in [0.15, 0.2) is 5.82 Å². The zero-order valence-corrected chi connectivity index (χ0v) is 15.5. The van der Waals surface area contributed by atoms with Crippen LogP contribution in [0.15, 0.2) is 30.6 Å². The van der Waals surface area contributed by atoms with Crippen molar-refractivity contribution in [3.63, 3.8) is 0 Å². The van der Waals surface area contributed by atoms with Crippen LogP contribution in [0.1, 0.15) is 18.2 Å². The van der Waals surface area contributed by atoms with Gasteiger partial charge in [0, 0.05) is 68.3 Å². The van der Waals surface area contributed by atoms with E-state index in [0.29, 0.717) is 30.0 Å². The summed E-state index contributed by atoms with van der Waals surface area (Å²) in [5.41, 5.74) is 4.04. The lowest BCUT2D eigenvalue weighted by Gasteiger charge is -2.26. The molecule has 0 aliphatic carbocycles. The molecule has 7 nitrogen and oxygen atoms in total. The summed E-state index contributed by atoms with van der Waals surface area (Å²) in [7, 11) is 3.70. The second-order valence-corrected chi connectivity index (χ2v) is 6.81. The van der Waals surface area contributed by atoms with E-state index in [9.17, 15) is 9.18 Å². The zero-order chi connectivity index (χ0) is 19.1. The summed E-state index contributed by atoms with van der Waals surface area (Å²) in [5.74, 6) is 0.442. The molecular weight excluding hydrogens is 347 g/mol. The van der Waals surface area contributed by atoms with Crippen LogP contribution in [0.5, 0.6) is 0 Å². The molecule has 0 spiro atoms. The number of nitrogens with one attached hydrogen (secondary N) is 1. The van der Waals surface area contributed by atoms with Gasteiger partial charge in [-0.05, 0) is 18.2 Å². The minimum atomic E-state index is -0.306. The fourth-order valence-corrected chi connectivity index (χ4v) is 3.48. The van der Waals surface area contributed by atoms with Crippen LogP contribution in [-0.4, -0.2) is 36.9 Å². The molecule has 0 saturated heterocycles. The van der Waals surface area contributed by atoms with Crippen molar-refractivity contribution in [1.82, 2.24) is 24.5 Å². The summed E-state index contributed by atoms with van der Waals surface area (Å²) in [4.78, 5) is 13.6. The normalized spacial score (nSPS) is 13.6. The highest BCUT2D eigenvalue weighted by Crippen LogP contribution is 2.31. The predicted molar refractivity (Wildman–Crippen MR) is 99.9 cm³/mol. The maximum absolute atomic E-state index is 14.3. The van der Waals surface area contributed by atoms with E-state index in [-0.39, 0.29) is 11.7 Å². The van der Waals surface area contributed by atoms with E-state index in [1.54, 1.807) is 48.1 Å². The van der Waals surface area contributed by atoms with Crippen molar-refractivity contribution in [1.29, 1.82) is 0 Å². The molecule has 8 heteroatoms. The highest BCUT2D eigenvalue weighted by molar-refractivity contribution is 5.75. The Bertz CT molecular complexity index is 1020. The number of amides is 1. The molecule has 1 aliphatic heterocycles. The highest BCUT2D eigenvalue weighted by atomic mass is 19.1. The summed E-state index contributed by atoms with van der Waals surface area (Å²) < 4.78 is 17.8. The van der Waals surface area contributed by atoms with E-state index >= 15 is 0 Å². The average molecular weight is 368 g/mol. The molecule has 27 heavy (non-hydrogen) atoms. The van der Waals surface area contributed by atoms with E-state index < -0.39 is 0 Å². The van der Waals surface area contributed by atoms with E-state index in [0.717, 1.165) is 23.4 Å². The molecule has 3 heterocycles. The largest absolute Gasteiger partial charge is 0.338 e. The van der Waals surface area contributed by atoms with Crippen LogP contribution < -0.4 is 5.32 Å². The van der Waals surface area contributed by atoms with Crippen molar-refractivity contribution in [3.8, 4) is 11.1 Å². The molecule has 4 rings (SSSR count). The van der Waals surface area contributed by atoms with Crippen molar-refractivity contribution in [2.45, 2.75) is 19.9 Å². The van der Waals surface area contributed by atoms with E-state index in [1.165, 1.54) is 6.07 Å². The summed E-state index contributed by atoms with van der Waals surface area (Å²) in [6.45, 7) is 2.80. The SMILES string of the molecule is CC(=O)N1CCc2c(c(Nc3ccc(F)c(-c4cnn(C)c4)c3)nn2C)C1. The monoisotopic (exact) mass is 368 g/mol. The molecule has 1 N–H and O–H groups in total. The quantitative estimate of drug-likeness (QED) is 0.772. The minimum Gasteiger partial charge on any atom is -0.338 e. The van der Waals surface area contributed by atoms with Gasteiger partial charge in [-0.1, -0.05) is 0 Å². The molecule has 1 aliphatic rings. The number of aromatic nitrogens is 4. The van der Waals surface area contributed by atoms with Gasteiger partial charge in [-0.2, -0.15) is 10.2 Å². The second-order valence-electron chi connectivity index (χ2n) is 6.81. The van der Waals surface area contributed by atoms with E-state index in [2.05, 4.69) is 15.5 Å². The Morgan fingerprint density at radius 1 is 1.30 bits per heavy atom. The maximum Gasteiger partial charge on any atom is 0.219 e. The van der Waals surface area contributed by atoms with Crippen molar-refractivity contribution in [2.24, 2.45) is 14.1 Å². The number of halogens is 1. The van der Waals surface area contributed by atoms with Gasteiger partial charge in [0.2, 0.25) is 5.91 Å². The minimum absolute atomic E-state index is 0.0519. The fourth-order valence-electron chi connectivity index (χ4n) is 3.48. The molecule has 0 fully saturated rings. The molecule has 0 radical (unpaired) electrons. The van der Waals surface area contributed by atoms with Gasteiger partial charge >= 0.3 is 0 Å². The summed E-state index contributed by atoms with van der Waals surface area (Å²) in [5, 5.41) is 12.0. The molecule has 2 aromatic heterocycles. The van der Waals surface area contributed by atoms with Gasteiger partial charge in [0.1, 0.15) is 5.82 Å². The molecule has 0 atom stereocenters. The van der Waals surface area contributed by atoms with Crippen LogP contribution in [0, 0.1) is 5.82 Å². The second kappa shape index (κ2) is 6.53. The van der Waals surface area contributed by atoms with Gasteiger partial charge in [-0.25, -0.2) is 4.39 Å². The maximum atomic E-state index is 14.3. The number of carbonyl (C=O) groups excluding carboxylic acids is 1. The van der Waals surface area contributed by atoms with Crippen LogP contribution in [0.3, 0.4) is 0 Å². The van der Waals surface area contributed by atoms with Crippen molar-refractivity contribution < 1.29 is 9.18 Å². The standard InChI is InChI=1S/C19H21FN6O/c1-12(27)26-7-6-18-16(11-26)19(23-25(18)3)22-14-4-5-17(20)15(8-14)13-9-21-24(2)10-13/h4-5,8-10H,6-7,11H2,1-3H3,(H,22,23). The first-order chi connectivity index (χ1) is 12.9. The Morgan fingerprint density at radius 2 is 2.11 bits per heavy atom. The first-order valence-corrected chi connectivity index (χ1v) is 8.78. The van der Waals surface area contributed by atoms with Gasteiger partial charge in [0.25, 0.3) is 0 Å². The molecule has 1 amide bonds. The van der Waals surface area contributed by atoms with Gasteiger partial charge in [0.05, 0.1) is 12.7 Å². The Balaban J connectivity index is 1.67. The van der Waals surface area contributed by atoms with E-state index in [4.69, 9.17) is 0 Å². The lowest BCUT2D eigenvalue weighted by atomic mass is 10.1. The topological polar surface area (TPSA) is 68.0 Å². The molecule has 3 aromatic rings. The Morgan fingerprint density at radius 3 is 2.81 bits per heavy atom. The number of hydrogen-bond acceptors (Lipinski definition) is 4. The van der Waals surface area contributed by atoms with Crippen LogP contribution in [0.25, 0.3) is 11.1 Å². The van der Waals surface area contributed by atoms with Crippen LogP contribution >= 0.6 is 0 Å². The third-order valence-electron chi connectivity index (χ3n) is 4.93. The van der Waals surface area contributed by atoms with Crippen molar-refractivity contribution in [2.75, 3.05) is 11.9 Å². The first-order valence-electron chi connectivity index (χ1n) is 8.78. The molecule has 0 bridgehead atoms. The number of anilines is 2. The van der Waals surface area contributed by atoms with Crippen LogP contribution in [0.4, 0.5) is 15.9 Å². The number of rotatable bonds is 3. The van der Waals surface area contributed by atoms with Gasteiger partial charge in [-0.15, -0.1) is 0 Å². The van der Waals surface area contributed by atoms with Crippen LogP contribution in [-0.2, 0) is 31.9 Å². The Kier molecular flexibility index (Phi) is 4.18. The van der Waals surface area contributed by atoms with Gasteiger partial charge < -0.3 is 10.2 Å². The first kappa shape index (κ1) is 17.3. The van der Waals surface area contributed by atoms with Crippen molar-refractivity contribution in [3.05, 3.63) is 47.7 Å². The number of nitrogens with zero attached hydrogens (tertiary/aromatic N) is 5. The summed E-state index contributed by atoms with van der Waals surface area (Å²) >= 11 is 0. The molecule has 140 valence electrons. The summed E-state index contributed by atoms with van der Waals surface area (Å²) in [6.07, 6.45) is 4.18. The third-order valence-corrected chi connectivity index (χ3v) is 4.93. The number of fused-ring (bicyclic) bond motifs is 1. The molecule has 1 aromatic carbocycles.